The number of benzene rings is 2. The van der Waals surface area contributed by atoms with Crippen molar-refractivity contribution in [1.29, 1.82) is 0 Å². The van der Waals surface area contributed by atoms with Gasteiger partial charge in [-0.1, -0.05) is 43.7 Å². The van der Waals surface area contributed by atoms with Crippen LogP contribution in [0.2, 0.25) is 0 Å². The molecule has 0 aliphatic carbocycles. The number of nitrogen functional groups attached to an aromatic ring is 1. The van der Waals surface area contributed by atoms with E-state index in [4.69, 9.17) is 10.5 Å². The second kappa shape index (κ2) is 11.1. The molecule has 1 aromatic heterocycles. The molecule has 3 N–H and O–H groups in total. The number of para-hydroxylation sites is 1. The van der Waals surface area contributed by atoms with Crippen LogP contribution in [0.1, 0.15) is 30.9 Å². The van der Waals surface area contributed by atoms with Gasteiger partial charge >= 0.3 is 5.69 Å². The molecule has 3 aromatic rings. The fourth-order valence-corrected chi connectivity index (χ4v) is 3.52. The van der Waals surface area contributed by atoms with Gasteiger partial charge in [0.05, 0.1) is 13.7 Å². The van der Waals surface area contributed by atoms with E-state index >= 15 is 0 Å². The summed E-state index contributed by atoms with van der Waals surface area (Å²) in [6.07, 6.45) is 4.14. The van der Waals surface area contributed by atoms with Crippen molar-refractivity contribution in [3.63, 3.8) is 0 Å². The largest absolute Gasteiger partial charge is 0.496 e. The molecule has 1 amide bonds. The summed E-state index contributed by atoms with van der Waals surface area (Å²) in [6.45, 7) is 2.21. The predicted molar refractivity (Wildman–Crippen MR) is 130 cm³/mol. The lowest BCUT2D eigenvalue weighted by Crippen LogP contribution is -2.40. The van der Waals surface area contributed by atoms with E-state index in [1.54, 1.807) is 30.3 Å². The molecule has 0 bridgehead atoms. The van der Waals surface area contributed by atoms with Gasteiger partial charge in [0.15, 0.2) is 5.69 Å². The lowest BCUT2D eigenvalue weighted by molar-refractivity contribution is -0.114. The second-order valence-electron chi connectivity index (χ2n) is 7.62. The minimum Gasteiger partial charge on any atom is -0.496 e. The number of nitrogens with zero attached hydrogens (tertiary/aromatic N) is 2. The van der Waals surface area contributed by atoms with E-state index in [2.05, 4.69) is 4.98 Å². The molecule has 3 rings (SSSR count). The summed E-state index contributed by atoms with van der Waals surface area (Å²) in [4.78, 5) is 42.0. The summed E-state index contributed by atoms with van der Waals surface area (Å²) in [7, 11) is 1.50. The van der Waals surface area contributed by atoms with Gasteiger partial charge in [-0.2, -0.15) is 0 Å². The molecule has 0 aliphatic rings. The molecule has 0 unspecified atom stereocenters. The third-order valence-corrected chi connectivity index (χ3v) is 5.27. The number of unbranched alkanes of at least 4 members (excludes halogenated alkanes) is 1. The summed E-state index contributed by atoms with van der Waals surface area (Å²) in [5.74, 6) is -0.606. The number of ether oxygens (including phenoxy) is 1. The summed E-state index contributed by atoms with van der Waals surface area (Å²) in [5, 5.41) is 0. The molecule has 0 radical (unpaired) electrons. The number of carbonyl (C=O) groups excluding carboxylic acids is 1. The van der Waals surface area contributed by atoms with E-state index in [-0.39, 0.29) is 18.1 Å². The van der Waals surface area contributed by atoms with Gasteiger partial charge in [0.25, 0.3) is 11.5 Å². The van der Waals surface area contributed by atoms with Crippen LogP contribution in [0, 0.1) is 5.82 Å². The molecule has 0 fully saturated rings. The van der Waals surface area contributed by atoms with Crippen LogP contribution in [0.5, 0.6) is 5.75 Å². The lowest BCUT2D eigenvalue weighted by Gasteiger charge is -2.24. The Morgan fingerprint density at radius 3 is 2.68 bits per heavy atom. The third-order valence-electron chi connectivity index (χ3n) is 5.27. The normalized spacial score (nSPS) is 11.0. The standard InChI is InChI=1S/C25H27FN4O4/c1-3-4-14-29-23(27)22(24(32)28-25(29)33)30(16-18-9-5-6-11-20(18)34-2)21(31)13-12-17-8-7-10-19(26)15-17/h5-13,15H,3-4,14,16,27H2,1-2H3,(H,28,32,33)/b13-12+. The Morgan fingerprint density at radius 1 is 1.21 bits per heavy atom. The summed E-state index contributed by atoms with van der Waals surface area (Å²) in [6, 6.07) is 12.8. The first-order valence-electron chi connectivity index (χ1n) is 10.8. The van der Waals surface area contributed by atoms with E-state index in [1.165, 1.54) is 46.9 Å². The van der Waals surface area contributed by atoms with Gasteiger partial charge in [-0.3, -0.25) is 24.0 Å². The third kappa shape index (κ3) is 5.61. The first kappa shape index (κ1) is 24.5. The number of anilines is 2. The van der Waals surface area contributed by atoms with Crippen LogP contribution in [0.15, 0.2) is 64.2 Å². The van der Waals surface area contributed by atoms with Crippen LogP contribution < -0.4 is 26.6 Å². The van der Waals surface area contributed by atoms with Crippen molar-refractivity contribution >= 4 is 23.5 Å². The molecule has 34 heavy (non-hydrogen) atoms. The number of nitrogens with two attached hydrogens (primary N) is 1. The molecule has 0 atom stereocenters. The van der Waals surface area contributed by atoms with E-state index in [0.29, 0.717) is 29.8 Å². The van der Waals surface area contributed by atoms with Crippen molar-refractivity contribution in [2.45, 2.75) is 32.9 Å². The van der Waals surface area contributed by atoms with Crippen LogP contribution in [-0.4, -0.2) is 22.6 Å². The predicted octanol–water partition coefficient (Wildman–Crippen LogP) is 3.31. The van der Waals surface area contributed by atoms with Crippen LogP contribution in [0.4, 0.5) is 15.9 Å². The Balaban J connectivity index is 2.11. The molecule has 1 heterocycles. The lowest BCUT2D eigenvalue weighted by atomic mass is 10.1. The highest BCUT2D eigenvalue weighted by Crippen LogP contribution is 2.25. The fourth-order valence-electron chi connectivity index (χ4n) is 3.52. The first-order valence-corrected chi connectivity index (χ1v) is 10.8. The number of H-pyrrole nitrogens is 1. The minimum absolute atomic E-state index is 0.0460. The molecular weight excluding hydrogens is 439 g/mol. The Bertz CT molecular complexity index is 1310. The molecule has 2 aromatic carbocycles. The SMILES string of the molecule is CCCCn1c(N)c(N(Cc2ccccc2OC)C(=O)/C=C/c2cccc(F)c2)c(=O)[nH]c1=O. The first-order chi connectivity index (χ1) is 16.3. The Hall–Kier alpha value is -4.14. The number of aromatic nitrogens is 2. The Kier molecular flexibility index (Phi) is 8.02. The number of carbonyl (C=O) groups is 1. The van der Waals surface area contributed by atoms with Gasteiger partial charge in [0.1, 0.15) is 17.4 Å². The smallest absolute Gasteiger partial charge is 0.330 e. The quantitative estimate of drug-likeness (QED) is 0.470. The molecule has 178 valence electrons. The highest BCUT2D eigenvalue weighted by Gasteiger charge is 2.24. The van der Waals surface area contributed by atoms with Crippen LogP contribution in [0.3, 0.4) is 0 Å². The zero-order valence-electron chi connectivity index (χ0n) is 19.1. The van der Waals surface area contributed by atoms with Crippen molar-refractivity contribution in [1.82, 2.24) is 9.55 Å². The number of halogens is 1. The van der Waals surface area contributed by atoms with Crippen molar-refractivity contribution < 1.29 is 13.9 Å². The van der Waals surface area contributed by atoms with E-state index in [1.807, 2.05) is 6.92 Å². The molecule has 9 heteroatoms. The highest BCUT2D eigenvalue weighted by atomic mass is 19.1. The summed E-state index contributed by atoms with van der Waals surface area (Å²) >= 11 is 0. The van der Waals surface area contributed by atoms with E-state index in [0.717, 1.165) is 6.42 Å². The number of aromatic amines is 1. The number of hydrogen-bond donors (Lipinski definition) is 2. The zero-order valence-corrected chi connectivity index (χ0v) is 19.1. The van der Waals surface area contributed by atoms with Crippen molar-refractivity contribution in [3.8, 4) is 5.75 Å². The summed E-state index contributed by atoms with van der Waals surface area (Å²) in [5.41, 5.74) is 5.80. The maximum atomic E-state index is 13.5. The number of rotatable bonds is 9. The van der Waals surface area contributed by atoms with E-state index < -0.39 is 23.0 Å². The van der Waals surface area contributed by atoms with Crippen molar-refractivity contribution in [3.05, 3.63) is 92.4 Å². The van der Waals surface area contributed by atoms with Gasteiger partial charge in [-0.05, 0) is 36.3 Å². The molecular formula is C25H27FN4O4. The Labute approximate surface area is 196 Å². The zero-order chi connectivity index (χ0) is 24.7. The molecule has 0 saturated carbocycles. The monoisotopic (exact) mass is 466 g/mol. The average Bonchev–Trinajstić information content (AvgIpc) is 2.82. The van der Waals surface area contributed by atoms with Gasteiger partial charge in [-0.15, -0.1) is 0 Å². The Morgan fingerprint density at radius 2 is 1.97 bits per heavy atom. The highest BCUT2D eigenvalue weighted by molar-refractivity contribution is 6.05. The van der Waals surface area contributed by atoms with Gasteiger partial charge < -0.3 is 10.5 Å². The van der Waals surface area contributed by atoms with Crippen molar-refractivity contribution in [2.24, 2.45) is 0 Å². The minimum atomic E-state index is -0.780. The average molecular weight is 467 g/mol. The van der Waals surface area contributed by atoms with Gasteiger partial charge in [0.2, 0.25) is 0 Å². The van der Waals surface area contributed by atoms with Crippen LogP contribution in [-0.2, 0) is 17.9 Å². The van der Waals surface area contributed by atoms with Crippen LogP contribution >= 0.6 is 0 Å². The molecule has 0 saturated heterocycles. The number of methoxy groups -OCH3 is 1. The second-order valence-corrected chi connectivity index (χ2v) is 7.62. The van der Waals surface area contributed by atoms with E-state index in [9.17, 15) is 18.8 Å². The van der Waals surface area contributed by atoms with Gasteiger partial charge in [0, 0.05) is 18.2 Å². The van der Waals surface area contributed by atoms with Gasteiger partial charge in [-0.25, -0.2) is 9.18 Å². The fraction of sp³-hybridized carbons (Fsp3) is 0.240. The summed E-state index contributed by atoms with van der Waals surface area (Å²) < 4.78 is 20.2. The number of nitrogens with one attached hydrogen (secondary N) is 1. The van der Waals surface area contributed by atoms with Crippen LogP contribution in [0.25, 0.3) is 6.08 Å². The maximum Gasteiger partial charge on any atom is 0.330 e. The maximum absolute atomic E-state index is 13.5. The molecule has 8 nitrogen and oxygen atoms in total. The topological polar surface area (TPSA) is 110 Å². The van der Waals surface area contributed by atoms with Crippen molar-refractivity contribution in [2.75, 3.05) is 17.7 Å². The molecule has 0 aliphatic heterocycles. The number of amides is 1. The number of hydrogen-bond acceptors (Lipinski definition) is 5. The molecule has 0 spiro atoms.